The van der Waals surface area contributed by atoms with Gasteiger partial charge in [-0.15, -0.1) is 11.3 Å². The SMILES string of the molecule is O=C(O)CN1CCC[C@H](NS(=O)(=O)/C=C/c2ccc(Br)s2)C1=O. The third-order valence-corrected chi connectivity index (χ3v) is 5.87. The predicted molar refractivity (Wildman–Crippen MR) is 90.3 cm³/mol. The number of carbonyl (C=O) groups is 2. The van der Waals surface area contributed by atoms with Crippen LogP contribution in [0.25, 0.3) is 6.08 Å². The van der Waals surface area contributed by atoms with E-state index in [0.717, 1.165) is 19.0 Å². The second-order valence-corrected chi connectivity index (χ2v) is 9.05. The monoisotopic (exact) mass is 422 g/mol. The van der Waals surface area contributed by atoms with Crippen molar-refractivity contribution in [2.24, 2.45) is 0 Å². The number of aliphatic carboxylic acids is 1. The van der Waals surface area contributed by atoms with Crippen LogP contribution in [0.5, 0.6) is 0 Å². The van der Waals surface area contributed by atoms with E-state index in [1.807, 2.05) is 0 Å². The number of likely N-dealkylation sites (tertiary alicyclic amines) is 1. The highest BCUT2D eigenvalue weighted by atomic mass is 79.9. The minimum atomic E-state index is -3.79. The summed E-state index contributed by atoms with van der Waals surface area (Å²) in [5.74, 6) is -1.63. The topological polar surface area (TPSA) is 104 Å². The molecule has 126 valence electrons. The molecule has 7 nitrogen and oxygen atoms in total. The largest absolute Gasteiger partial charge is 0.480 e. The number of amides is 1. The van der Waals surface area contributed by atoms with Crippen molar-refractivity contribution < 1.29 is 23.1 Å². The molecule has 10 heteroatoms. The van der Waals surface area contributed by atoms with E-state index in [-0.39, 0.29) is 0 Å². The van der Waals surface area contributed by atoms with Gasteiger partial charge in [-0.1, -0.05) is 0 Å². The standard InChI is InChI=1S/C13H15BrN2O5S2/c14-11-4-3-9(22-11)5-7-23(20,21)15-10-2-1-6-16(13(10)19)8-12(17)18/h3-5,7,10,15H,1-2,6,8H2,(H,17,18)/b7-5+/t10-/m0/s1. The summed E-state index contributed by atoms with van der Waals surface area (Å²) in [4.78, 5) is 24.7. The molecule has 0 saturated carbocycles. The van der Waals surface area contributed by atoms with Gasteiger partial charge in [-0.25, -0.2) is 8.42 Å². The molecule has 0 unspecified atom stereocenters. The Bertz CT molecular complexity index is 728. The van der Waals surface area contributed by atoms with Gasteiger partial charge < -0.3 is 10.0 Å². The number of hydrogen-bond acceptors (Lipinski definition) is 5. The Hall–Kier alpha value is -1.23. The van der Waals surface area contributed by atoms with Crippen molar-refractivity contribution in [3.63, 3.8) is 0 Å². The third kappa shape index (κ3) is 5.41. The van der Waals surface area contributed by atoms with E-state index in [4.69, 9.17) is 5.11 Å². The van der Waals surface area contributed by atoms with E-state index in [0.29, 0.717) is 19.4 Å². The van der Waals surface area contributed by atoms with Crippen LogP contribution in [0.4, 0.5) is 0 Å². The highest BCUT2D eigenvalue weighted by Crippen LogP contribution is 2.23. The number of halogens is 1. The lowest BCUT2D eigenvalue weighted by molar-refractivity contribution is -0.146. The van der Waals surface area contributed by atoms with Gasteiger partial charge in [-0.05, 0) is 47.0 Å². The Labute approximate surface area is 146 Å². The quantitative estimate of drug-likeness (QED) is 0.722. The van der Waals surface area contributed by atoms with Crippen LogP contribution in [0.3, 0.4) is 0 Å². The maximum atomic E-state index is 12.1. The summed E-state index contributed by atoms with van der Waals surface area (Å²) in [5, 5.41) is 9.78. The van der Waals surface area contributed by atoms with E-state index in [1.54, 1.807) is 12.1 Å². The van der Waals surface area contributed by atoms with Crippen LogP contribution in [0.2, 0.25) is 0 Å². The molecule has 1 aliphatic heterocycles. The number of sulfonamides is 1. The molecule has 0 spiro atoms. The zero-order chi connectivity index (χ0) is 17.0. The number of rotatable bonds is 6. The normalized spacial score (nSPS) is 19.4. The number of carboxylic acid groups (broad SMARTS) is 1. The first-order chi connectivity index (χ1) is 10.8. The van der Waals surface area contributed by atoms with Gasteiger partial charge in [0.25, 0.3) is 0 Å². The van der Waals surface area contributed by atoms with Crippen molar-refractivity contribution in [1.29, 1.82) is 0 Å². The summed E-state index contributed by atoms with van der Waals surface area (Å²) in [7, 11) is -3.79. The van der Waals surface area contributed by atoms with Gasteiger partial charge in [0.05, 0.1) is 3.79 Å². The number of nitrogens with zero attached hydrogens (tertiary/aromatic N) is 1. The number of piperidine rings is 1. The summed E-state index contributed by atoms with van der Waals surface area (Å²) in [6.07, 6.45) is 2.35. The van der Waals surface area contributed by atoms with Crippen LogP contribution in [0, 0.1) is 0 Å². The highest BCUT2D eigenvalue weighted by Gasteiger charge is 2.32. The minimum absolute atomic E-state index is 0.322. The molecular formula is C13H15BrN2O5S2. The molecule has 2 heterocycles. The van der Waals surface area contributed by atoms with E-state index in [9.17, 15) is 18.0 Å². The second-order valence-electron chi connectivity index (χ2n) is 4.96. The zero-order valence-corrected chi connectivity index (χ0v) is 15.2. The molecule has 0 radical (unpaired) electrons. The van der Waals surface area contributed by atoms with Crippen LogP contribution in [0.1, 0.15) is 17.7 Å². The number of nitrogens with one attached hydrogen (secondary N) is 1. The molecule has 2 rings (SSSR count). The van der Waals surface area contributed by atoms with Crippen LogP contribution in [0.15, 0.2) is 21.3 Å². The van der Waals surface area contributed by atoms with Crippen molar-refractivity contribution in [2.45, 2.75) is 18.9 Å². The molecule has 1 aliphatic rings. The third-order valence-electron chi connectivity index (χ3n) is 3.17. The van der Waals surface area contributed by atoms with Gasteiger partial charge in [-0.2, -0.15) is 4.72 Å². The highest BCUT2D eigenvalue weighted by molar-refractivity contribution is 9.11. The Morgan fingerprint density at radius 2 is 2.26 bits per heavy atom. The molecule has 1 amide bonds. The predicted octanol–water partition coefficient (Wildman–Crippen LogP) is 1.48. The van der Waals surface area contributed by atoms with E-state index < -0.39 is 34.5 Å². The molecule has 1 fully saturated rings. The first-order valence-corrected chi connectivity index (χ1v) is 9.89. The van der Waals surface area contributed by atoms with Gasteiger partial charge in [0, 0.05) is 16.8 Å². The molecule has 0 aromatic carbocycles. The fourth-order valence-corrected chi connectivity index (χ4v) is 4.61. The lowest BCUT2D eigenvalue weighted by Crippen LogP contribution is -2.53. The number of carbonyl (C=O) groups excluding carboxylic acids is 1. The lowest BCUT2D eigenvalue weighted by Gasteiger charge is -2.31. The van der Waals surface area contributed by atoms with Gasteiger partial charge >= 0.3 is 5.97 Å². The van der Waals surface area contributed by atoms with Gasteiger partial charge in [0.1, 0.15) is 12.6 Å². The summed E-state index contributed by atoms with van der Waals surface area (Å²) >= 11 is 4.67. The fraction of sp³-hybridized carbons (Fsp3) is 0.385. The summed E-state index contributed by atoms with van der Waals surface area (Å²) in [6.45, 7) is -0.0987. The fourth-order valence-electron chi connectivity index (χ4n) is 2.18. The van der Waals surface area contributed by atoms with Crippen LogP contribution in [-0.4, -0.2) is 49.4 Å². The maximum absolute atomic E-state index is 12.1. The van der Waals surface area contributed by atoms with Crippen LogP contribution < -0.4 is 4.72 Å². The minimum Gasteiger partial charge on any atom is -0.480 e. The van der Waals surface area contributed by atoms with Gasteiger partial charge in [-0.3, -0.25) is 9.59 Å². The number of carboxylic acids is 1. The zero-order valence-electron chi connectivity index (χ0n) is 11.9. The Balaban J connectivity index is 2.02. The number of hydrogen-bond donors (Lipinski definition) is 2. The average molecular weight is 423 g/mol. The summed E-state index contributed by atoms with van der Waals surface area (Å²) in [5.41, 5.74) is 0. The van der Waals surface area contributed by atoms with E-state index in [2.05, 4.69) is 20.7 Å². The van der Waals surface area contributed by atoms with Crippen LogP contribution >= 0.6 is 27.3 Å². The molecular weight excluding hydrogens is 408 g/mol. The maximum Gasteiger partial charge on any atom is 0.323 e. The molecule has 1 saturated heterocycles. The van der Waals surface area contributed by atoms with Gasteiger partial charge in [0.2, 0.25) is 15.9 Å². The second kappa shape index (κ2) is 7.56. The Kier molecular flexibility index (Phi) is 5.95. The molecule has 1 atom stereocenters. The van der Waals surface area contributed by atoms with E-state index in [1.165, 1.54) is 17.4 Å². The smallest absolute Gasteiger partial charge is 0.323 e. The van der Waals surface area contributed by atoms with Crippen molar-refractivity contribution in [3.8, 4) is 0 Å². The van der Waals surface area contributed by atoms with Crippen molar-refractivity contribution in [3.05, 3.63) is 26.2 Å². The molecule has 2 N–H and O–H groups in total. The summed E-state index contributed by atoms with van der Waals surface area (Å²) < 4.78 is 27.3. The molecule has 23 heavy (non-hydrogen) atoms. The van der Waals surface area contributed by atoms with Crippen molar-refractivity contribution in [1.82, 2.24) is 9.62 Å². The molecule has 1 aromatic heterocycles. The molecule has 1 aromatic rings. The van der Waals surface area contributed by atoms with Crippen LogP contribution in [-0.2, 0) is 19.6 Å². The lowest BCUT2D eigenvalue weighted by atomic mass is 10.1. The number of thiophene rings is 1. The molecule has 0 aliphatic carbocycles. The summed E-state index contributed by atoms with van der Waals surface area (Å²) in [6, 6.07) is 2.65. The first kappa shape index (κ1) is 18.1. The van der Waals surface area contributed by atoms with E-state index >= 15 is 0 Å². The first-order valence-electron chi connectivity index (χ1n) is 6.73. The van der Waals surface area contributed by atoms with Gasteiger partial charge in [0.15, 0.2) is 0 Å². The Morgan fingerprint density at radius 1 is 1.52 bits per heavy atom. The van der Waals surface area contributed by atoms with Crippen molar-refractivity contribution >= 4 is 55.2 Å². The van der Waals surface area contributed by atoms with Crippen molar-refractivity contribution in [2.75, 3.05) is 13.1 Å². The average Bonchev–Trinajstić information content (AvgIpc) is 2.86. The molecule has 0 bridgehead atoms. The Morgan fingerprint density at radius 3 is 2.87 bits per heavy atom.